The highest BCUT2D eigenvalue weighted by Crippen LogP contribution is 2.34. The van der Waals surface area contributed by atoms with Crippen LogP contribution in [0.15, 0.2) is 78.9 Å². The number of rotatable bonds is 1. The van der Waals surface area contributed by atoms with Gasteiger partial charge in [0.25, 0.3) is 0 Å². The van der Waals surface area contributed by atoms with Crippen molar-refractivity contribution < 1.29 is 5.11 Å². The molecular weight excluding hydrogens is 296 g/mol. The lowest BCUT2D eigenvalue weighted by Crippen LogP contribution is -1.97. The van der Waals surface area contributed by atoms with E-state index in [0.717, 1.165) is 38.7 Å². The summed E-state index contributed by atoms with van der Waals surface area (Å²) in [5.41, 5.74) is 3.84. The van der Waals surface area contributed by atoms with Crippen LogP contribution in [0.2, 0.25) is 0 Å². The van der Waals surface area contributed by atoms with Crippen LogP contribution in [-0.2, 0) is 0 Å². The highest BCUT2D eigenvalue weighted by molar-refractivity contribution is 6.02. The summed E-state index contributed by atoms with van der Waals surface area (Å²) in [5.74, 6) is 0.988. The average Bonchev–Trinajstić information content (AvgIpc) is 3.01. The molecule has 3 heteroatoms. The minimum atomic E-state index is 0.236. The first kappa shape index (κ1) is 13.1. The SMILES string of the molecule is Oc1ccccc1-c1nc2ccccc2c2cc3ccccc3n12. The predicted octanol–water partition coefficient (Wildman–Crippen LogP) is 5.01. The molecule has 5 rings (SSSR count). The van der Waals surface area contributed by atoms with Crippen LogP contribution in [0.4, 0.5) is 0 Å². The highest BCUT2D eigenvalue weighted by atomic mass is 16.3. The topological polar surface area (TPSA) is 37.5 Å². The Bertz CT molecular complexity index is 1220. The summed E-state index contributed by atoms with van der Waals surface area (Å²) in [6.07, 6.45) is 0. The van der Waals surface area contributed by atoms with Crippen molar-refractivity contribution in [1.29, 1.82) is 0 Å². The quantitative estimate of drug-likeness (QED) is 0.472. The molecule has 0 spiro atoms. The number of phenols is 1. The second-order valence-corrected chi connectivity index (χ2v) is 5.89. The van der Waals surface area contributed by atoms with Gasteiger partial charge < -0.3 is 5.11 Å². The summed E-state index contributed by atoms with van der Waals surface area (Å²) in [6, 6.07) is 25.9. The normalized spacial score (nSPS) is 11.5. The molecule has 0 aliphatic rings. The van der Waals surface area contributed by atoms with Gasteiger partial charge in [0.2, 0.25) is 0 Å². The Labute approximate surface area is 138 Å². The lowest BCUT2D eigenvalue weighted by molar-refractivity contribution is 0.477. The summed E-state index contributed by atoms with van der Waals surface area (Å²) < 4.78 is 2.13. The van der Waals surface area contributed by atoms with Crippen molar-refractivity contribution >= 4 is 27.3 Å². The van der Waals surface area contributed by atoms with Crippen LogP contribution in [0.5, 0.6) is 5.75 Å². The number of para-hydroxylation sites is 3. The number of hydrogen-bond donors (Lipinski definition) is 1. The third-order valence-electron chi connectivity index (χ3n) is 4.47. The molecule has 3 nitrogen and oxygen atoms in total. The predicted molar refractivity (Wildman–Crippen MR) is 97.3 cm³/mol. The Kier molecular flexibility index (Phi) is 2.65. The lowest BCUT2D eigenvalue weighted by atomic mass is 10.1. The van der Waals surface area contributed by atoms with Crippen LogP contribution in [0.1, 0.15) is 0 Å². The summed E-state index contributed by atoms with van der Waals surface area (Å²) in [5, 5.41) is 12.6. The van der Waals surface area contributed by atoms with Crippen molar-refractivity contribution in [2.24, 2.45) is 0 Å². The number of fused-ring (bicyclic) bond motifs is 5. The van der Waals surface area contributed by atoms with Crippen LogP contribution < -0.4 is 0 Å². The molecule has 0 saturated heterocycles. The maximum atomic E-state index is 10.4. The number of phenolic OH excluding ortho intramolecular Hbond substituents is 1. The smallest absolute Gasteiger partial charge is 0.149 e. The lowest BCUT2D eigenvalue weighted by Gasteiger charge is -2.11. The summed E-state index contributed by atoms with van der Waals surface area (Å²) in [7, 11) is 0. The van der Waals surface area contributed by atoms with Gasteiger partial charge in [-0.15, -0.1) is 0 Å². The monoisotopic (exact) mass is 310 g/mol. The van der Waals surface area contributed by atoms with Crippen molar-refractivity contribution in [3.8, 4) is 17.1 Å². The molecule has 2 heterocycles. The Hall–Kier alpha value is -3.33. The van der Waals surface area contributed by atoms with Crippen molar-refractivity contribution in [2.75, 3.05) is 0 Å². The highest BCUT2D eigenvalue weighted by Gasteiger charge is 2.15. The Morgan fingerprint density at radius 2 is 1.50 bits per heavy atom. The molecule has 3 aromatic carbocycles. The molecule has 0 fully saturated rings. The zero-order valence-corrected chi connectivity index (χ0v) is 12.8. The first-order chi connectivity index (χ1) is 11.8. The summed E-state index contributed by atoms with van der Waals surface area (Å²) >= 11 is 0. The molecule has 2 aromatic heterocycles. The van der Waals surface area contributed by atoms with E-state index in [2.05, 4.69) is 28.7 Å². The zero-order valence-electron chi connectivity index (χ0n) is 12.8. The Morgan fingerprint density at radius 3 is 2.42 bits per heavy atom. The standard InChI is InChI=1S/C21H14N2O/c24-20-12-6-3-9-16(20)21-22-17-10-4-2-8-15(17)19-13-14-7-1-5-11-18(14)23(19)21/h1-13,24H. The van der Waals surface area contributed by atoms with E-state index in [-0.39, 0.29) is 5.75 Å². The first-order valence-corrected chi connectivity index (χ1v) is 7.90. The van der Waals surface area contributed by atoms with Gasteiger partial charge in [0.05, 0.1) is 22.1 Å². The number of nitrogens with zero attached hydrogens (tertiary/aromatic N) is 2. The molecule has 5 aromatic rings. The van der Waals surface area contributed by atoms with Crippen molar-refractivity contribution in [2.45, 2.75) is 0 Å². The van der Waals surface area contributed by atoms with E-state index >= 15 is 0 Å². The van der Waals surface area contributed by atoms with Gasteiger partial charge in [-0.3, -0.25) is 4.40 Å². The zero-order chi connectivity index (χ0) is 16.1. The van der Waals surface area contributed by atoms with Crippen molar-refractivity contribution in [3.63, 3.8) is 0 Å². The fourth-order valence-electron chi connectivity index (χ4n) is 3.38. The summed E-state index contributed by atoms with van der Waals surface area (Å²) in [6.45, 7) is 0. The van der Waals surface area contributed by atoms with E-state index in [0.29, 0.717) is 0 Å². The number of hydrogen-bond acceptors (Lipinski definition) is 2. The van der Waals surface area contributed by atoms with Crippen LogP contribution >= 0.6 is 0 Å². The molecule has 0 aliphatic carbocycles. The second kappa shape index (κ2) is 4.83. The Balaban J connectivity index is 2.06. The third-order valence-corrected chi connectivity index (χ3v) is 4.47. The van der Waals surface area contributed by atoms with Crippen molar-refractivity contribution in [3.05, 3.63) is 78.9 Å². The minimum absolute atomic E-state index is 0.236. The van der Waals surface area contributed by atoms with Gasteiger partial charge in [-0.25, -0.2) is 4.98 Å². The van der Waals surface area contributed by atoms with Crippen molar-refractivity contribution in [1.82, 2.24) is 9.38 Å². The molecular formula is C21H14N2O. The molecule has 0 aliphatic heterocycles. The molecule has 0 saturated carbocycles. The van der Waals surface area contributed by atoms with E-state index in [1.165, 1.54) is 0 Å². The number of aromatic nitrogens is 2. The largest absolute Gasteiger partial charge is 0.507 e. The van der Waals surface area contributed by atoms with E-state index in [9.17, 15) is 5.11 Å². The molecule has 1 N–H and O–H groups in total. The van der Waals surface area contributed by atoms with Gasteiger partial charge in [0.1, 0.15) is 11.6 Å². The van der Waals surface area contributed by atoms with Gasteiger partial charge in [0.15, 0.2) is 0 Å². The molecule has 114 valence electrons. The Morgan fingerprint density at radius 1 is 0.750 bits per heavy atom. The minimum Gasteiger partial charge on any atom is -0.507 e. The maximum absolute atomic E-state index is 10.4. The maximum Gasteiger partial charge on any atom is 0.149 e. The van der Waals surface area contributed by atoms with Gasteiger partial charge in [0, 0.05) is 10.8 Å². The number of aromatic hydroxyl groups is 1. The van der Waals surface area contributed by atoms with E-state index in [4.69, 9.17) is 4.98 Å². The van der Waals surface area contributed by atoms with E-state index < -0.39 is 0 Å². The van der Waals surface area contributed by atoms with E-state index in [1.54, 1.807) is 6.07 Å². The summed E-state index contributed by atoms with van der Waals surface area (Å²) in [4.78, 5) is 4.86. The fraction of sp³-hybridized carbons (Fsp3) is 0. The molecule has 0 amide bonds. The average molecular weight is 310 g/mol. The first-order valence-electron chi connectivity index (χ1n) is 7.90. The molecule has 24 heavy (non-hydrogen) atoms. The number of benzene rings is 3. The molecule has 0 unspecified atom stereocenters. The van der Waals surface area contributed by atoms with Gasteiger partial charge in [-0.2, -0.15) is 0 Å². The molecule has 0 atom stereocenters. The third kappa shape index (κ3) is 1.75. The van der Waals surface area contributed by atoms with Crippen LogP contribution in [-0.4, -0.2) is 14.5 Å². The fourth-order valence-corrected chi connectivity index (χ4v) is 3.38. The van der Waals surface area contributed by atoms with Crippen LogP contribution in [0.25, 0.3) is 38.7 Å². The van der Waals surface area contributed by atoms with Gasteiger partial charge >= 0.3 is 0 Å². The second-order valence-electron chi connectivity index (χ2n) is 5.89. The molecule has 0 bridgehead atoms. The molecule has 0 radical (unpaired) electrons. The van der Waals surface area contributed by atoms with Gasteiger partial charge in [-0.05, 0) is 30.3 Å². The van der Waals surface area contributed by atoms with E-state index in [1.807, 2.05) is 48.5 Å². The van der Waals surface area contributed by atoms with Crippen LogP contribution in [0.3, 0.4) is 0 Å². The van der Waals surface area contributed by atoms with Crippen LogP contribution in [0, 0.1) is 0 Å². The van der Waals surface area contributed by atoms with Gasteiger partial charge in [-0.1, -0.05) is 48.5 Å².